The standard InChI is InChI=1S/C32H34O2/c1-31(2,3)25-17-23(21-13-9-7-10-14-21)19-27(33)29(25)30-26(32(4,5)6)18-24(20-28(30)34)22-15-11-8-12-16-22/h7-20,33-34H,1-6H3. The van der Waals surface area contributed by atoms with Crippen molar-refractivity contribution in [3.63, 3.8) is 0 Å². The third kappa shape index (κ3) is 4.59. The second kappa shape index (κ2) is 8.68. The van der Waals surface area contributed by atoms with Gasteiger partial charge in [0, 0.05) is 11.1 Å². The lowest BCUT2D eigenvalue weighted by molar-refractivity contribution is 0.463. The van der Waals surface area contributed by atoms with Crippen molar-refractivity contribution in [2.75, 3.05) is 0 Å². The maximum atomic E-state index is 11.4. The number of rotatable bonds is 3. The Bertz CT molecular complexity index is 1200. The molecule has 2 nitrogen and oxygen atoms in total. The smallest absolute Gasteiger partial charge is 0.124 e. The summed E-state index contributed by atoms with van der Waals surface area (Å²) in [6.45, 7) is 12.9. The van der Waals surface area contributed by atoms with Crippen LogP contribution in [0.3, 0.4) is 0 Å². The van der Waals surface area contributed by atoms with E-state index in [0.29, 0.717) is 11.1 Å². The molecule has 0 saturated carbocycles. The predicted molar refractivity (Wildman–Crippen MR) is 143 cm³/mol. The normalized spacial score (nSPS) is 12.1. The molecule has 0 aliphatic rings. The highest BCUT2D eigenvalue weighted by Crippen LogP contribution is 2.49. The molecule has 0 spiro atoms. The van der Waals surface area contributed by atoms with Gasteiger partial charge >= 0.3 is 0 Å². The van der Waals surface area contributed by atoms with Gasteiger partial charge in [-0.2, -0.15) is 0 Å². The predicted octanol–water partition coefficient (Wildman–Crippen LogP) is 8.69. The van der Waals surface area contributed by atoms with Gasteiger partial charge in [-0.25, -0.2) is 0 Å². The Hall–Kier alpha value is -3.52. The molecule has 4 rings (SSSR count). The first-order valence-electron chi connectivity index (χ1n) is 11.8. The minimum atomic E-state index is -0.253. The molecule has 0 aliphatic carbocycles. The van der Waals surface area contributed by atoms with Gasteiger partial charge in [-0.05, 0) is 68.5 Å². The van der Waals surface area contributed by atoms with E-state index in [2.05, 4.69) is 53.7 Å². The molecule has 4 aromatic rings. The van der Waals surface area contributed by atoms with Gasteiger partial charge in [0.25, 0.3) is 0 Å². The average molecular weight is 451 g/mol. The molecular weight excluding hydrogens is 416 g/mol. The minimum Gasteiger partial charge on any atom is -0.507 e. The molecule has 174 valence electrons. The van der Waals surface area contributed by atoms with Crippen molar-refractivity contribution in [2.24, 2.45) is 0 Å². The van der Waals surface area contributed by atoms with Gasteiger partial charge in [-0.3, -0.25) is 0 Å². The summed E-state index contributed by atoms with van der Waals surface area (Å²) >= 11 is 0. The quantitative estimate of drug-likeness (QED) is 0.328. The molecule has 0 fully saturated rings. The van der Waals surface area contributed by atoms with Gasteiger partial charge in [-0.1, -0.05) is 102 Å². The maximum absolute atomic E-state index is 11.4. The van der Waals surface area contributed by atoms with Crippen molar-refractivity contribution in [1.29, 1.82) is 0 Å². The SMILES string of the molecule is CC(C)(C)c1cc(-c2ccccc2)cc(O)c1-c1c(O)cc(-c2ccccc2)cc1C(C)(C)C. The van der Waals surface area contributed by atoms with Crippen LogP contribution in [0.15, 0.2) is 84.9 Å². The van der Waals surface area contributed by atoms with Crippen molar-refractivity contribution in [3.8, 4) is 44.9 Å². The largest absolute Gasteiger partial charge is 0.507 e. The second-order valence-corrected chi connectivity index (χ2v) is 11.1. The summed E-state index contributed by atoms with van der Waals surface area (Å²) < 4.78 is 0. The Kier molecular flexibility index (Phi) is 6.03. The third-order valence-electron chi connectivity index (χ3n) is 6.32. The van der Waals surface area contributed by atoms with Crippen molar-refractivity contribution in [3.05, 3.63) is 96.1 Å². The fourth-order valence-electron chi connectivity index (χ4n) is 4.56. The lowest BCUT2D eigenvalue weighted by atomic mass is 9.74. The van der Waals surface area contributed by atoms with E-state index in [1.807, 2.05) is 72.8 Å². The fraction of sp³-hybridized carbons (Fsp3) is 0.250. The molecule has 4 aromatic carbocycles. The molecule has 0 bridgehead atoms. The van der Waals surface area contributed by atoms with E-state index >= 15 is 0 Å². The first-order chi connectivity index (χ1) is 16.0. The van der Waals surface area contributed by atoms with E-state index in [0.717, 1.165) is 33.4 Å². The lowest BCUT2D eigenvalue weighted by Gasteiger charge is -2.30. The van der Waals surface area contributed by atoms with Crippen LogP contribution in [0.5, 0.6) is 11.5 Å². The van der Waals surface area contributed by atoms with Gasteiger partial charge in [-0.15, -0.1) is 0 Å². The fourth-order valence-corrected chi connectivity index (χ4v) is 4.56. The zero-order chi connectivity index (χ0) is 24.7. The Morgan fingerprint density at radius 3 is 1.06 bits per heavy atom. The van der Waals surface area contributed by atoms with Crippen LogP contribution in [0.4, 0.5) is 0 Å². The molecule has 0 atom stereocenters. The minimum absolute atomic E-state index is 0.180. The van der Waals surface area contributed by atoms with Crippen LogP contribution in [0.2, 0.25) is 0 Å². The second-order valence-electron chi connectivity index (χ2n) is 11.1. The van der Waals surface area contributed by atoms with Crippen LogP contribution >= 0.6 is 0 Å². The highest BCUT2D eigenvalue weighted by molar-refractivity contribution is 5.87. The summed E-state index contributed by atoms with van der Waals surface area (Å²) in [7, 11) is 0. The molecule has 0 amide bonds. The number of benzene rings is 4. The summed E-state index contributed by atoms with van der Waals surface area (Å²) in [5.41, 5.74) is 6.93. The van der Waals surface area contributed by atoms with Crippen molar-refractivity contribution < 1.29 is 10.2 Å². The third-order valence-corrected chi connectivity index (χ3v) is 6.32. The van der Waals surface area contributed by atoms with Crippen LogP contribution in [0, 0.1) is 0 Å². The number of aromatic hydroxyl groups is 2. The molecule has 0 aliphatic heterocycles. The lowest BCUT2D eigenvalue weighted by Crippen LogP contribution is -2.17. The zero-order valence-electron chi connectivity index (χ0n) is 21.0. The van der Waals surface area contributed by atoms with Crippen LogP contribution < -0.4 is 0 Å². The van der Waals surface area contributed by atoms with Crippen molar-refractivity contribution >= 4 is 0 Å². The Morgan fingerprint density at radius 1 is 0.441 bits per heavy atom. The van der Waals surface area contributed by atoms with Gasteiger partial charge < -0.3 is 10.2 Å². The van der Waals surface area contributed by atoms with Crippen LogP contribution in [-0.4, -0.2) is 10.2 Å². The highest BCUT2D eigenvalue weighted by Gasteiger charge is 2.30. The maximum Gasteiger partial charge on any atom is 0.124 e. The topological polar surface area (TPSA) is 40.5 Å². The Morgan fingerprint density at radius 2 is 0.765 bits per heavy atom. The van der Waals surface area contributed by atoms with E-state index in [1.54, 1.807) is 0 Å². The molecule has 2 N–H and O–H groups in total. The highest BCUT2D eigenvalue weighted by atomic mass is 16.3. The van der Waals surface area contributed by atoms with E-state index < -0.39 is 0 Å². The Balaban J connectivity index is 2.04. The van der Waals surface area contributed by atoms with Crippen LogP contribution in [-0.2, 0) is 10.8 Å². The van der Waals surface area contributed by atoms with Gasteiger partial charge in [0.15, 0.2) is 0 Å². The van der Waals surface area contributed by atoms with E-state index in [-0.39, 0.29) is 22.3 Å². The van der Waals surface area contributed by atoms with Gasteiger partial charge in [0.2, 0.25) is 0 Å². The van der Waals surface area contributed by atoms with E-state index in [1.165, 1.54) is 0 Å². The molecular formula is C32H34O2. The van der Waals surface area contributed by atoms with Crippen LogP contribution in [0.1, 0.15) is 52.7 Å². The number of phenols is 2. The van der Waals surface area contributed by atoms with E-state index in [4.69, 9.17) is 0 Å². The molecule has 0 radical (unpaired) electrons. The summed E-state index contributed by atoms with van der Waals surface area (Å²) in [6.07, 6.45) is 0. The summed E-state index contributed by atoms with van der Waals surface area (Å²) in [5.74, 6) is 0.360. The molecule has 0 aromatic heterocycles. The number of hydrogen-bond acceptors (Lipinski definition) is 2. The number of hydrogen-bond donors (Lipinski definition) is 2. The van der Waals surface area contributed by atoms with Gasteiger partial charge in [0.1, 0.15) is 11.5 Å². The molecule has 0 heterocycles. The summed E-state index contributed by atoms with van der Waals surface area (Å²) in [4.78, 5) is 0. The summed E-state index contributed by atoms with van der Waals surface area (Å²) in [5, 5.41) is 22.9. The Labute approximate surface area is 203 Å². The van der Waals surface area contributed by atoms with Crippen molar-refractivity contribution in [2.45, 2.75) is 52.4 Å². The average Bonchev–Trinajstić information content (AvgIpc) is 2.78. The molecule has 2 heteroatoms. The number of phenolic OH excluding ortho intramolecular Hbond substituents is 2. The first-order valence-corrected chi connectivity index (χ1v) is 11.8. The molecule has 34 heavy (non-hydrogen) atoms. The summed E-state index contributed by atoms with van der Waals surface area (Å²) in [6, 6.07) is 28.1. The zero-order valence-corrected chi connectivity index (χ0v) is 21.0. The van der Waals surface area contributed by atoms with Gasteiger partial charge in [0.05, 0.1) is 0 Å². The van der Waals surface area contributed by atoms with Crippen LogP contribution in [0.25, 0.3) is 33.4 Å². The molecule has 0 saturated heterocycles. The monoisotopic (exact) mass is 450 g/mol. The first kappa shape index (κ1) is 23.6. The van der Waals surface area contributed by atoms with Crippen molar-refractivity contribution in [1.82, 2.24) is 0 Å². The van der Waals surface area contributed by atoms with E-state index in [9.17, 15) is 10.2 Å². The molecule has 0 unspecified atom stereocenters.